The zero-order valence-corrected chi connectivity index (χ0v) is 10.8. The van der Waals surface area contributed by atoms with E-state index in [0.717, 1.165) is 6.42 Å². The van der Waals surface area contributed by atoms with Crippen molar-refractivity contribution in [1.29, 1.82) is 0 Å². The molecule has 16 heavy (non-hydrogen) atoms. The fourth-order valence-electron chi connectivity index (χ4n) is 2.62. The van der Waals surface area contributed by atoms with E-state index < -0.39 is 0 Å². The van der Waals surface area contributed by atoms with Crippen molar-refractivity contribution >= 4 is 11.6 Å². The van der Waals surface area contributed by atoms with Gasteiger partial charge in [-0.3, -0.25) is 0 Å². The lowest BCUT2D eigenvalue weighted by atomic mass is 9.94. The molecule has 1 aromatic heterocycles. The van der Waals surface area contributed by atoms with Crippen LogP contribution in [0.25, 0.3) is 0 Å². The van der Waals surface area contributed by atoms with Crippen LogP contribution in [0.3, 0.4) is 0 Å². The summed E-state index contributed by atoms with van der Waals surface area (Å²) in [7, 11) is 2.06. The molecule has 2 rings (SSSR count). The van der Waals surface area contributed by atoms with E-state index in [1.165, 1.54) is 44.3 Å². The minimum atomic E-state index is 0.391. The summed E-state index contributed by atoms with van der Waals surface area (Å²) in [6.07, 6.45) is 12.7. The number of nitrogens with zero attached hydrogens (tertiary/aromatic N) is 2. The molecule has 0 aliphatic heterocycles. The number of hydrogen-bond donors (Lipinski definition) is 0. The topological polar surface area (TPSA) is 17.8 Å². The second-order valence-corrected chi connectivity index (χ2v) is 5.47. The highest BCUT2D eigenvalue weighted by Gasteiger charge is 2.21. The molecule has 1 fully saturated rings. The lowest BCUT2D eigenvalue weighted by molar-refractivity contribution is 0.429. The minimum Gasteiger partial charge on any atom is -0.338 e. The summed E-state index contributed by atoms with van der Waals surface area (Å²) >= 11 is 6.44. The number of imidazole rings is 1. The Morgan fingerprint density at radius 2 is 2.19 bits per heavy atom. The number of halogens is 1. The van der Waals surface area contributed by atoms with Crippen LogP contribution in [-0.4, -0.2) is 14.9 Å². The first-order valence-corrected chi connectivity index (χ1v) is 6.81. The highest BCUT2D eigenvalue weighted by atomic mass is 35.5. The van der Waals surface area contributed by atoms with Crippen molar-refractivity contribution < 1.29 is 0 Å². The average molecular weight is 241 g/mol. The van der Waals surface area contributed by atoms with Crippen LogP contribution in [0.2, 0.25) is 0 Å². The van der Waals surface area contributed by atoms with Crippen molar-refractivity contribution in [3.63, 3.8) is 0 Å². The summed E-state index contributed by atoms with van der Waals surface area (Å²) in [6, 6.07) is 0. The standard InChI is InChI=1S/C13H21ClN2/c1-16-10-9-15-13(16)8-7-11-5-3-2-4-6-12(11)14/h9-12H,2-8H2,1H3. The molecule has 0 saturated heterocycles. The Kier molecular flexibility index (Phi) is 4.28. The fraction of sp³-hybridized carbons (Fsp3) is 0.769. The maximum atomic E-state index is 6.44. The van der Waals surface area contributed by atoms with Gasteiger partial charge in [0.05, 0.1) is 0 Å². The van der Waals surface area contributed by atoms with Crippen LogP contribution in [0.5, 0.6) is 0 Å². The highest BCUT2D eigenvalue weighted by Crippen LogP contribution is 2.30. The maximum Gasteiger partial charge on any atom is 0.108 e. The van der Waals surface area contributed by atoms with Gasteiger partial charge in [-0.2, -0.15) is 0 Å². The monoisotopic (exact) mass is 240 g/mol. The molecule has 1 heterocycles. The fourth-order valence-corrected chi connectivity index (χ4v) is 3.02. The van der Waals surface area contributed by atoms with E-state index in [9.17, 15) is 0 Å². The lowest BCUT2D eigenvalue weighted by Crippen LogP contribution is -2.15. The van der Waals surface area contributed by atoms with Gasteiger partial charge in [0.15, 0.2) is 0 Å². The quantitative estimate of drug-likeness (QED) is 0.584. The smallest absolute Gasteiger partial charge is 0.108 e. The van der Waals surface area contributed by atoms with Gasteiger partial charge in [0.2, 0.25) is 0 Å². The Morgan fingerprint density at radius 1 is 1.38 bits per heavy atom. The number of alkyl halides is 1. The van der Waals surface area contributed by atoms with Gasteiger partial charge in [0, 0.05) is 31.2 Å². The molecule has 1 aliphatic carbocycles. The number of aromatic nitrogens is 2. The SMILES string of the molecule is Cn1ccnc1CCC1CCCCCC1Cl. The first-order chi connectivity index (χ1) is 7.77. The third-order valence-electron chi connectivity index (χ3n) is 3.73. The molecule has 1 aromatic rings. The first kappa shape index (κ1) is 12.0. The highest BCUT2D eigenvalue weighted by molar-refractivity contribution is 6.20. The summed E-state index contributed by atoms with van der Waals surface area (Å²) in [5.41, 5.74) is 0. The molecule has 2 nitrogen and oxygen atoms in total. The van der Waals surface area contributed by atoms with E-state index in [0.29, 0.717) is 11.3 Å². The van der Waals surface area contributed by atoms with Crippen LogP contribution < -0.4 is 0 Å². The van der Waals surface area contributed by atoms with E-state index in [2.05, 4.69) is 16.6 Å². The van der Waals surface area contributed by atoms with Crippen molar-refractivity contribution in [2.45, 2.75) is 50.3 Å². The third-order valence-corrected chi connectivity index (χ3v) is 4.30. The molecule has 1 saturated carbocycles. The molecule has 0 aromatic carbocycles. The molecule has 0 bridgehead atoms. The van der Waals surface area contributed by atoms with Crippen molar-refractivity contribution in [1.82, 2.24) is 9.55 Å². The summed E-state index contributed by atoms with van der Waals surface area (Å²) in [5, 5.41) is 0.391. The molecule has 2 atom stereocenters. The summed E-state index contributed by atoms with van der Waals surface area (Å²) in [5.74, 6) is 1.88. The second-order valence-electron chi connectivity index (χ2n) is 4.91. The van der Waals surface area contributed by atoms with E-state index in [-0.39, 0.29) is 0 Å². The lowest BCUT2D eigenvalue weighted by Gasteiger charge is -2.19. The molecule has 0 radical (unpaired) electrons. The molecule has 0 spiro atoms. The van der Waals surface area contributed by atoms with E-state index in [1.54, 1.807) is 0 Å². The van der Waals surface area contributed by atoms with Gasteiger partial charge in [0.25, 0.3) is 0 Å². The number of rotatable bonds is 3. The maximum absolute atomic E-state index is 6.44. The Balaban J connectivity index is 1.86. The Labute approximate surface area is 103 Å². The minimum absolute atomic E-state index is 0.391. The van der Waals surface area contributed by atoms with Crippen molar-refractivity contribution in [2.75, 3.05) is 0 Å². The van der Waals surface area contributed by atoms with Gasteiger partial charge in [-0.15, -0.1) is 11.6 Å². The number of aryl methyl sites for hydroxylation is 2. The van der Waals surface area contributed by atoms with Crippen molar-refractivity contribution in [3.8, 4) is 0 Å². The Hall–Kier alpha value is -0.500. The first-order valence-electron chi connectivity index (χ1n) is 6.37. The van der Waals surface area contributed by atoms with Crippen LogP contribution in [0, 0.1) is 5.92 Å². The number of hydrogen-bond acceptors (Lipinski definition) is 1. The second kappa shape index (κ2) is 5.72. The van der Waals surface area contributed by atoms with E-state index in [4.69, 9.17) is 11.6 Å². The molecule has 90 valence electrons. The van der Waals surface area contributed by atoms with Crippen LogP contribution in [0.1, 0.15) is 44.3 Å². The van der Waals surface area contributed by atoms with Gasteiger partial charge in [-0.05, 0) is 25.2 Å². The predicted molar refractivity (Wildman–Crippen MR) is 67.7 cm³/mol. The van der Waals surface area contributed by atoms with Crippen LogP contribution in [-0.2, 0) is 13.5 Å². The summed E-state index contributed by atoms with van der Waals surface area (Å²) in [4.78, 5) is 4.37. The molecule has 0 amide bonds. The van der Waals surface area contributed by atoms with Crippen LogP contribution in [0.4, 0.5) is 0 Å². The summed E-state index contributed by atoms with van der Waals surface area (Å²) < 4.78 is 2.11. The van der Waals surface area contributed by atoms with Gasteiger partial charge < -0.3 is 4.57 Å². The van der Waals surface area contributed by atoms with Crippen LogP contribution in [0.15, 0.2) is 12.4 Å². The average Bonchev–Trinajstić information content (AvgIpc) is 2.56. The predicted octanol–water partition coefficient (Wildman–Crippen LogP) is 3.54. The van der Waals surface area contributed by atoms with E-state index >= 15 is 0 Å². The van der Waals surface area contributed by atoms with Gasteiger partial charge >= 0.3 is 0 Å². The molecule has 3 heteroatoms. The zero-order valence-electron chi connectivity index (χ0n) is 10.0. The van der Waals surface area contributed by atoms with Gasteiger partial charge in [-0.1, -0.05) is 19.3 Å². The normalized spacial score (nSPS) is 26.6. The van der Waals surface area contributed by atoms with Gasteiger partial charge in [0.1, 0.15) is 5.82 Å². The van der Waals surface area contributed by atoms with Gasteiger partial charge in [-0.25, -0.2) is 4.98 Å². The molecule has 2 unspecified atom stereocenters. The van der Waals surface area contributed by atoms with Crippen molar-refractivity contribution in [3.05, 3.63) is 18.2 Å². The Morgan fingerprint density at radius 3 is 2.94 bits per heavy atom. The molecular weight excluding hydrogens is 220 g/mol. The van der Waals surface area contributed by atoms with E-state index in [1.807, 2.05) is 12.4 Å². The van der Waals surface area contributed by atoms with Crippen molar-refractivity contribution in [2.24, 2.45) is 13.0 Å². The third kappa shape index (κ3) is 3.00. The zero-order chi connectivity index (χ0) is 11.4. The molecular formula is C13H21ClN2. The van der Waals surface area contributed by atoms with Crippen LogP contribution >= 0.6 is 11.6 Å². The summed E-state index contributed by atoms with van der Waals surface area (Å²) in [6.45, 7) is 0. The Bertz CT molecular complexity index is 321. The molecule has 1 aliphatic rings. The largest absolute Gasteiger partial charge is 0.338 e. The molecule has 0 N–H and O–H groups in total.